The van der Waals surface area contributed by atoms with Crippen LogP contribution in [0.2, 0.25) is 10.2 Å². The van der Waals surface area contributed by atoms with Gasteiger partial charge in [-0.2, -0.15) is 5.10 Å². The van der Waals surface area contributed by atoms with E-state index in [1.54, 1.807) is 24.5 Å². The van der Waals surface area contributed by atoms with E-state index in [2.05, 4.69) is 17.0 Å². The van der Waals surface area contributed by atoms with Gasteiger partial charge in [0.25, 0.3) is 5.56 Å². The molecule has 0 aromatic carbocycles. The van der Waals surface area contributed by atoms with Crippen LogP contribution < -0.4 is 10.5 Å². The van der Waals surface area contributed by atoms with Crippen molar-refractivity contribution in [2.45, 2.75) is 19.9 Å². The minimum Gasteiger partial charge on any atom is -0.373 e. The summed E-state index contributed by atoms with van der Waals surface area (Å²) in [6, 6.07) is 3.12. The van der Waals surface area contributed by atoms with Crippen LogP contribution in [0.3, 0.4) is 0 Å². The lowest BCUT2D eigenvalue weighted by molar-refractivity contribution is 0.635. The maximum Gasteiger partial charge on any atom is 0.269 e. The highest BCUT2D eigenvalue weighted by atomic mass is 35.5. The molecule has 0 atom stereocenters. The van der Waals surface area contributed by atoms with Gasteiger partial charge in [0.15, 0.2) is 0 Å². The Bertz CT molecular complexity index is 687. The number of pyridine rings is 1. The molecule has 21 heavy (non-hydrogen) atoms. The average molecular weight is 327 g/mol. The zero-order valence-corrected chi connectivity index (χ0v) is 13.4. The first kappa shape index (κ1) is 15.8. The lowest BCUT2D eigenvalue weighted by Crippen LogP contribution is -2.26. The average Bonchev–Trinajstić information content (AvgIpc) is 2.44. The number of hydrogen-bond acceptors (Lipinski definition) is 4. The summed E-state index contributed by atoms with van der Waals surface area (Å²) in [5.41, 5.74) is 1.32. The first-order valence-corrected chi connectivity index (χ1v) is 7.35. The molecular formula is C14H16Cl2N4O. The summed E-state index contributed by atoms with van der Waals surface area (Å²) in [6.07, 6.45) is 4.23. The van der Waals surface area contributed by atoms with Crippen LogP contribution in [0.1, 0.15) is 18.9 Å². The van der Waals surface area contributed by atoms with Crippen molar-refractivity contribution in [3.05, 3.63) is 50.6 Å². The molecule has 2 heterocycles. The van der Waals surface area contributed by atoms with Crippen molar-refractivity contribution < 1.29 is 0 Å². The van der Waals surface area contributed by atoms with Crippen molar-refractivity contribution in [2.24, 2.45) is 0 Å². The predicted molar refractivity (Wildman–Crippen MR) is 85.4 cm³/mol. The van der Waals surface area contributed by atoms with Gasteiger partial charge in [-0.25, -0.2) is 9.67 Å². The van der Waals surface area contributed by atoms with Crippen LogP contribution in [0.4, 0.5) is 5.69 Å². The van der Waals surface area contributed by atoms with E-state index in [4.69, 9.17) is 23.2 Å². The van der Waals surface area contributed by atoms with Gasteiger partial charge in [0.1, 0.15) is 5.15 Å². The van der Waals surface area contributed by atoms with Crippen molar-refractivity contribution in [2.75, 3.05) is 18.5 Å². The topological polar surface area (TPSA) is 51.0 Å². The van der Waals surface area contributed by atoms with Crippen LogP contribution in [0, 0.1) is 0 Å². The molecule has 0 N–H and O–H groups in total. The summed E-state index contributed by atoms with van der Waals surface area (Å²) in [5.74, 6) is 0. The van der Waals surface area contributed by atoms with Gasteiger partial charge in [0, 0.05) is 31.4 Å². The normalized spacial score (nSPS) is 10.7. The molecule has 0 aliphatic carbocycles. The number of rotatable bonds is 5. The second kappa shape index (κ2) is 6.91. The van der Waals surface area contributed by atoms with Crippen molar-refractivity contribution in [1.29, 1.82) is 0 Å². The molecule has 0 aliphatic rings. The maximum atomic E-state index is 12.1. The van der Waals surface area contributed by atoms with Crippen LogP contribution in [0.15, 0.2) is 29.3 Å². The highest BCUT2D eigenvalue weighted by Crippen LogP contribution is 2.19. The third-order valence-corrected chi connectivity index (χ3v) is 3.63. The van der Waals surface area contributed by atoms with Gasteiger partial charge in [-0.3, -0.25) is 4.79 Å². The Kier molecular flexibility index (Phi) is 5.20. The third kappa shape index (κ3) is 3.95. The number of halogens is 2. The standard InChI is InChI=1S/C14H16Cl2N4O/c1-3-4-19(2)11-5-14(21)20(18-8-11)9-10-7-17-13(16)6-12(10)15/h5-8H,3-4,9H2,1-2H3. The second-order valence-corrected chi connectivity index (χ2v) is 5.52. The molecule has 2 rings (SSSR count). The Balaban J connectivity index is 2.23. The zero-order chi connectivity index (χ0) is 15.4. The van der Waals surface area contributed by atoms with Gasteiger partial charge in [0.05, 0.1) is 23.5 Å². The third-order valence-electron chi connectivity index (χ3n) is 3.07. The van der Waals surface area contributed by atoms with E-state index in [1.807, 2.05) is 11.9 Å². The maximum absolute atomic E-state index is 12.1. The van der Waals surface area contributed by atoms with Gasteiger partial charge in [-0.05, 0) is 12.5 Å². The van der Waals surface area contributed by atoms with Crippen LogP contribution in [-0.2, 0) is 6.54 Å². The van der Waals surface area contributed by atoms with E-state index in [-0.39, 0.29) is 12.1 Å². The van der Waals surface area contributed by atoms with Crippen molar-refractivity contribution in [3.8, 4) is 0 Å². The second-order valence-electron chi connectivity index (χ2n) is 4.73. The summed E-state index contributed by atoms with van der Waals surface area (Å²) in [5, 5.41) is 4.97. The zero-order valence-electron chi connectivity index (χ0n) is 11.9. The Morgan fingerprint density at radius 3 is 2.67 bits per heavy atom. The number of hydrogen-bond donors (Lipinski definition) is 0. The summed E-state index contributed by atoms with van der Waals surface area (Å²) in [4.78, 5) is 18.1. The fourth-order valence-corrected chi connectivity index (χ4v) is 2.36. The molecule has 2 aromatic rings. The van der Waals surface area contributed by atoms with E-state index in [9.17, 15) is 4.79 Å². The molecule has 0 fully saturated rings. The van der Waals surface area contributed by atoms with Gasteiger partial charge in [-0.1, -0.05) is 30.1 Å². The van der Waals surface area contributed by atoms with E-state index < -0.39 is 0 Å². The molecule has 0 aliphatic heterocycles. The van der Waals surface area contributed by atoms with E-state index in [0.29, 0.717) is 15.7 Å². The van der Waals surface area contributed by atoms with Gasteiger partial charge >= 0.3 is 0 Å². The van der Waals surface area contributed by atoms with Crippen molar-refractivity contribution in [3.63, 3.8) is 0 Å². The fraction of sp³-hybridized carbons (Fsp3) is 0.357. The first-order valence-electron chi connectivity index (χ1n) is 6.59. The smallest absolute Gasteiger partial charge is 0.269 e. The number of anilines is 1. The number of nitrogens with zero attached hydrogens (tertiary/aromatic N) is 4. The summed E-state index contributed by atoms with van der Waals surface area (Å²) in [6.45, 7) is 3.22. The SMILES string of the molecule is CCCN(C)c1cnn(Cc2cnc(Cl)cc2Cl)c(=O)c1. The molecule has 0 unspecified atom stereocenters. The van der Waals surface area contributed by atoms with E-state index in [0.717, 1.165) is 18.7 Å². The highest BCUT2D eigenvalue weighted by molar-refractivity contribution is 6.34. The fourth-order valence-electron chi connectivity index (χ4n) is 1.93. The molecule has 2 aromatic heterocycles. The van der Waals surface area contributed by atoms with Crippen LogP contribution in [0.5, 0.6) is 0 Å². The molecule has 0 bridgehead atoms. The minimum atomic E-state index is -0.179. The molecular weight excluding hydrogens is 311 g/mol. The molecule has 0 amide bonds. The summed E-state index contributed by atoms with van der Waals surface area (Å²) >= 11 is 11.8. The Labute approximate surface area is 133 Å². The van der Waals surface area contributed by atoms with Crippen LogP contribution in [0.25, 0.3) is 0 Å². The molecule has 0 spiro atoms. The Hall–Kier alpha value is -1.59. The van der Waals surface area contributed by atoms with Gasteiger partial charge in [-0.15, -0.1) is 0 Å². The Morgan fingerprint density at radius 2 is 2.05 bits per heavy atom. The predicted octanol–water partition coefficient (Wildman–Crippen LogP) is 2.84. The monoisotopic (exact) mass is 326 g/mol. The molecule has 112 valence electrons. The number of aromatic nitrogens is 3. The summed E-state index contributed by atoms with van der Waals surface area (Å²) < 4.78 is 1.35. The van der Waals surface area contributed by atoms with E-state index in [1.165, 1.54) is 4.68 Å². The van der Waals surface area contributed by atoms with E-state index >= 15 is 0 Å². The lowest BCUT2D eigenvalue weighted by Gasteiger charge is -2.17. The van der Waals surface area contributed by atoms with Crippen LogP contribution >= 0.6 is 23.2 Å². The van der Waals surface area contributed by atoms with Crippen LogP contribution in [-0.4, -0.2) is 28.4 Å². The van der Waals surface area contributed by atoms with Crippen molar-refractivity contribution >= 4 is 28.9 Å². The quantitative estimate of drug-likeness (QED) is 0.793. The lowest BCUT2D eigenvalue weighted by atomic mass is 10.3. The van der Waals surface area contributed by atoms with Crippen molar-refractivity contribution in [1.82, 2.24) is 14.8 Å². The summed E-state index contributed by atoms with van der Waals surface area (Å²) in [7, 11) is 1.93. The van der Waals surface area contributed by atoms with Gasteiger partial charge < -0.3 is 4.90 Å². The highest BCUT2D eigenvalue weighted by Gasteiger charge is 2.08. The molecule has 5 nitrogen and oxygen atoms in total. The Morgan fingerprint density at radius 1 is 1.29 bits per heavy atom. The molecule has 0 saturated carbocycles. The minimum absolute atomic E-state index is 0.179. The first-order chi connectivity index (χ1) is 10.0. The largest absolute Gasteiger partial charge is 0.373 e. The molecule has 7 heteroatoms. The molecule has 0 saturated heterocycles. The molecule has 0 radical (unpaired) electrons. The van der Waals surface area contributed by atoms with Gasteiger partial charge in [0.2, 0.25) is 0 Å².